The number of aromatic nitrogens is 1. The number of esters is 1. The Morgan fingerprint density at radius 2 is 1.83 bits per heavy atom. The number of nitrogens with zero attached hydrogens (tertiary/aromatic N) is 1. The highest BCUT2D eigenvalue weighted by molar-refractivity contribution is 7.09. The standard InChI is InChI=1S/C27H39NO6S/c1-15-9-8-10-16(2)25(32)18(4)26(33)27(6,7)23(30)13-24(31)34-22(12-21(15)29)17(3)11-20-14-35-19(5)28-20/h9,11,14,16,18,22-23,25,30,32H,8,10,12-13H2,1-7H3. The number of rotatable bonds is 2. The second-order valence-electron chi connectivity index (χ2n) is 10.3. The number of aryl methyl sites for hydroxylation is 1. The fraction of sp³-hybridized carbons (Fsp3) is 0.630. The summed E-state index contributed by atoms with van der Waals surface area (Å²) in [6, 6.07) is 0. The van der Waals surface area contributed by atoms with Crippen LogP contribution < -0.4 is 0 Å². The third-order valence-corrected chi connectivity index (χ3v) is 7.81. The number of aliphatic hydroxyl groups is 2. The molecule has 7 nitrogen and oxygen atoms in total. The molecule has 194 valence electrons. The molecule has 0 fully saturated rings. The number of allylic oxidation sites excluding steroid dienone is 2. The van der Waals surface area contributed by atoms with Gasteiger partial charge >= 0.3 is 5.97 Å². The van der Waals surface area contributed by atoms with Gasteiger partial charge in [-0.25, -0.2) is 4.98 Å². The van der Waals surface area contributed by atoms with Gasteiger partial charge in [-0.1, -0.05) is 33.8 Å². The molecule has 0 aromatic carbocycles. The highest BCUT2D eigenvalue weighted by Crippen LogP contribution is 2.32. The van der Waals surface area contributed by atoms with Crippen molar-refractivity contribution in [3.8, 4) is 0 Å². The summed E-state index contributed by atoms with van der Waals surface area (Å²) < 4.78 is 5.67. The summed E-state index contributed by atoms with van der Waals surface area (Å²) in [6.45, 7) is 12.1. The lowest BCUT2D eigenvalue weighted by atomic mass is 9.73. The Balaban J connectivity index is 2.39. The molecule has 8 heteroatoms. The minimum Gasteiger partial charge on any atom is -0.457 e. The van der Waals surface area contributed by atoms with Crippen molar-refractivity contribution in [1.82, 2.24) is 4.98 Å². The molecule has 35 heavy (non-hydrogen) atoms. The quantitative estimate of drug-likeness (QED) is 0.571. The lowest BCUT2D eigenvalue weighted by molar-refractivity contribution is -0.154. The molecule has 0 bridgehead atoms. The number of carbonyl (C=O) groups excluding carboxylic acids is 3. The fourth-order valence-corrected chi connectivity index (χ4v) is 4.83. The SMILES string of the molecule is CC1=CCCC(C)C(O)C(C)C(=O)C(C)(C)C(O)CC(=O)OC(C(C)=Cc2csc(C)n2)CC1=O. The first-order valence-electron chi connectivity index (χ1n) is 12.1. The molecule has 1 aromatic rings. The second kappa shape index (κ2) is 12.2. The molecule has 1 aromatic heterocycles. The van der Waals surface area contributed by atoms with Gasteiger partial charge in [-0.05, 0) is 56.8 Å². The van der Waals surface area contributed by atoms with Crippen molar-refractivity contribution >= 4 is 34.9 Å². The molecule has 0 saturated carbocycles. The van der Waals surface area contributed by atoms with Crippen LogP contribution in [0.2, 0.25) is 0 Å². The number of cyclic esters (lactones) is 1. The van der Waals surface area contributed by atoms with E-state index in [0.717, 1.165) is 10.7 Å². The van der Waals surface area contributed by atoms with Crippen molar-refractivity contribution in [2.45, 2.75) is 92.5 Å². The predicted octanol–water partition coefficient (Wildman–Crippen LogP) is 4.45. The highest BCUT2D eigenvalue weighted by atomic mass is 32.1. The van der Waals surface area contributed by atoms with Gasteiger partial charge in [-0.3, -0.25) is 14.4 Å². The molecule has 5 unspecified atom stereocenters. The van der Waals surface area contributed by atoms with E-state index in [1.807, 2.05) is 25.3 Å². The number of aliphatic hydroxyl groups excluding tert-OH is 2. The normalized spacial score (nSPS) is 30.1. The van der Waals surface area contributed by atoms with Crippen LogP contribution in [0.1, 0.15) is 77.9 Å². The van der Waals surface area contributed by atoms with Gasteiger partial charge in [0.25, 0.3) is 0 Å². The van der Waals surface area contributed by atoms with E-state index in [-0.39, 0.29) is 23.9 Å². The third-order valence-electron chi connectivity index (χ3n) is 7.01. The minimum absolute atomic E-state index is 0.0346. The van der Waals surface area contributed by atoms with E-state index >= 15 is 0 Å². The first-order valence-corrected chi connectivity index (χ1v) is 13.0. The summed E-state index contributed by atoms with van der Waals surface area (Å²) in [6.07, 6.45) is 1.34. The molecule has 0 aliphatic carbocycles. The summed E-state index contributed by atoms with van der Waals surface area (Å²) in [5, 5.41) is 24.3. The van der Waals surface area contributed by atoms with Gasteiger partial charge in [0.15, 0.2) is 5.78 Å². The van der Waals surface area contributed by atoms with Crippen molar-refractivity contribution in [2.75, 3.05) is 0 Å². The van der Waals surface area contributed by atoms with Gasteiger partial charge in [0.2, 0.25) is 0 Å². The van der Waals surface area contributed by atoms with E-state index in [1.165, 1.54) is 11.3 Å². The topological polar surface area (TPSA) is 114 Å². The second-order valence-corrected chi connectivity index (χ2v) is 11.4. The molecule has 2 heterocycles. The monoisotopic (exact) mass is 505 g/mol. The number of hydrogen-bond acceptors (Lipinski definition) is 8. The largest absolute Gasteiger partial charge is 0.457 e. The zero-order chi connectivity index (χ0) is 26.5. The molecule has 2 N–H and O–H groups in total. The van der Waals surface area contributed by atoms with Gasteiger partial charge < -0.3 is 14.9 Å². The first kappa shape index (κ1) is 29.1. The van der Waals surface area contributed by atoms with E-state index < -0.39 is 42.0 Å². The maximum atomic E-state index is 13.2. The zero-order valence-corrected chi connectivity index (χ0v) is 22.6. The third kappa shape index (κ3) is 7.66. The molecule has 2 rings (SSSR count). The molecule has 0 saturated heterocycles. The van der Waals surface area contributed by atoms with Gasteiger partial charge in [-0.2, -0.15) is 0 Å². The Labute approximate surface area is 212 Å². The molecule has 1 aliphatic rings. The van der Waals surface area contributed by atoms with E-state index in [4.69, 9.17) is 4.74 Å². The van der Waals surface area contributed by atoms with Crippen LogP contribution in [0.25, 0.3) is 6.08 Å². The molecule has 1 aliphatic heterocycles. The molecule has 0 radical (unpaired) electrons. The maximum absolute atomic E-state index is 13.2. The number of hydrogen-bond donors (Lipinski definition) is 2. The smallest absolute Gasteiger partial charge is 0.309 e. The van der Waals surface area contributed by atoms with E-state index in [9.17, 15) is 24.6 Å². The van der Waals surface area contributed by atoms with Crippen LogP contribution in [0.15, 0.2) is 22.6 Å². The number of ketones is 2. The van der Waals surface area contributed by atoms with Crippen LogP contribution in [-0.2, 0) is 19.1 Å². The van der Waals surface area contributed by atoms with Crippen molar-refractivity contribution < 1.29 is 29.3 Å². The average molecular weight is 506 g/mol. The highest BCUT2D eigenvalue weighted by Gasteiger charge is 2.42. The number of carbonyl (C=O) groups is 3. The lowest BCUT2D eigenvalue weighted by Gasteiger charge is -2.34. The van der Waals surface area contributed by atoms with Crippen LogP contribution in [0, 0.1) is 24.2 Å². The molecular weight excluding hydrogens is 466 g/mol. The molecular formula is C27H39NO6S. The van der Waals surface area contributed by atoms with Crippen LogP contribution in [-0.4, -0.2) is 51.0 Å². The van der Waals surface area contributed by atoms with Crippen LogP contribution in [0.5, 0.6) is 0 Å². The fourth-order valence-electron chi connectivity index (χ4n) is 4.26. The van der Waals surface area contributed by atoms with Crippen LogP contribution in [0.3, 0.4) is 0 Å². The Bertz CT molecular complexity index is 992. The summed E-state index contributed by atoms with van der Waals surface area (Å²) in [4.78, 5) is 43.4. The molecule has 0 amide bonds. The van der Waals surface area contributed by atoms with Crippen molar-refractivity contribution in [1.29, 1.82) is 0 Å². The summed E-state index contributed by atoms with van der Waals surface area (Å²) >= 11 is 1.50. The zero-order valence-electron chi connectivity index (χ0n) is 21.8. The number of thiazole rings is 1. The van der Waals surface area contributed by atoms with Gasteiger partial charge in [-0.15, -0.1) is 11.3 Å². The maximum Gasteiger partial charge on any atom is 0.309 e. The Morgan fingerprint density at radius 1 is 1.17 bits per heavy atom. The molecule has 5 atom stereocenters. The van der Waals surface area contributed by atoms with E-state index in [1.54, 1.807) is 40.7 Å². The Morgan fingerprint density at radius 3 is 2.43 bits per heavy atom. The van der Waals surface area contributed by atoms with Crippen molar-refractivity contribution in [3.63, 3.8) is 0 Å². The number of Topliss-reactive ketones (excluding diaryl/α,β-unsaturated/α-hetero) is 2. The van der Waals surface area contributed by atoms with E-state index in [0.29, 0.717) is 24.0 Å². The van der Waals surface area contributed by atoms with Gasteiger partial charge in [0.05, 0.1) is 41.2 Å². The average Bonchev–Trinajstić information content (AvgIpc) is 3.20. The van der Waals surface area contributed by atoms with E-state index in [2.05, 4.69) is 4.98 Å². The van der Waals surface area contributed by atoms with Gasteiger partial charge in [0.1, 0.15) is 11.9 Å². The molecule has 0 spiro atoms. The minimum atomic E-state index is -1.30. The van der Waals surface area contributed by atoms with Crippen molar-refractivity contribution in [2.24, 2.45) is 17.3 Å². The Kier molecular flexibility index (Phi) is 10.1. The summed E-state index contributed by atoms with van der Waals surface area (Å²) in [5.41, 5.74) is 0.686. The lowest BCUT2D eigenvalue weighted by Crippen LogP contribution is -2.45. The van der Waals surface area contributed by atoms with Crippen LogP contribution >= 0.6 is 11.3 Å². The number of ether oxygens (including phenoxy) is 1. The van der Waals surface area contributed by atoms with Gasteiger partial charge in [0, 0.05) is 11.3 Å². The summed E-state index contributed by atoms with van der Waals surface area (Å²) in [5.74, 6) is -2.05. The predicted molar refractivity (Wildman–Crippen MR) is 137 cm³/mol. The van der Waals surface area contributed by atoms with Crippen LogP contribution in [0.4, 0.5) is 0 Å². The Hall–Kier alpha value is -2.16. The van der Waals surface area contributed by atoms with Crippen molar-refractivity contribution in [3.05, 3.63) is 33.3 Å². The summed E-state index contributed by atoms with van der Waals surface area (Å²) in [7, 11) is 0. The first-order chi connectivity index (χ1) is 16.2.